The maximum absolute atomic E-state index is 5.50. The van der Waals surface area contributed by atoms with Crippen LogP contribution in [-0.4, -0.2) is 25.3 Å². The SMILES string of the molecule is CC(C)(C)NCC(Cc1ccccc1)CC1CCOCC1. The van der Waals surface area contributed by atoms with Crippen molar-refractivity contribution in [3.63, 3.8) is 0 Å². The van der Waals surface area contributed by atoms with E-state index in [1.54, 1.807) is 0 Å². The van der Waals surface area contributed by atoms with Gasteiger partial charge in [-0.2, -0.15) is 0 Å². The maximum atomic E-state index is 5.50. The van der Waals surface area contributed by atoms with Gasteiger partial charge < -0.3 is 10.1 Å². The van der Waals surface area contributed by atoms with Crippen LogP contribution in [0.2, 0.25) is 0 Å². The normalized spacial score (nSPS) is 18.6. The predicted octanol–water partition coefficient (Wildman–Crippen LogP) is 4.05. The number of ether oxygens (including phenoxy) is 1. The van der Waals surface area contributed by atoms with Crippen LogP contribution in [0.3, 0.4) is 0 Å². The molecule has 0 radical (unpaired) electrons. The average molecular weight is 289 g/mol. The molecular weight excluding hydrogens is 258 g/mol. The fourth-order valence-corrected chi connectivity index (χ4v) is 3.09. The minimum atomic E-state index is 0.199. The molecule has 0 bridgehead atoms. The van der Waals surface area contributed by atoms with E-state index in [1.807, 2.05) is 0 Å². The molecule has 0 aliphatic carbocycles. The maximum Gasteiger partial charge on any atom is 0.0468 e. The summed E-state index contributed by atoms with van der Waals surface area (Å²) in [7, 11) is 0. The van der Waals surface area contributed by atoms with Crippen LogP contribution in [0.25, 0.3) is 0 Å². The highest BCUT2D eigenvalue weighted by atomic mass is 16.5. The number of nitrogens with one attached hydrogen (secondary N) is 1. The molecule has 2 heteroatoms. The van der Waals surface area contributed by atoms with Gasteiger partial charge in [0.25, 0.3) is 0 Å². The van der Waals surface area contributed by atoms with Gasteiger partial charge in [-0.25, -0.2) is 0 Å². The summed E-state index contributed by atoms with van der Waals surface area (Å²) in [6, 6.07) is 10.9. The molecule has 0 aromatic heterocycles. The van der Waals surface area contributed by atoms with E-state index in [9.17, 15) is 0 Å². The van der Waals surface area contributed by atoms with Gasteiger partial charge in [0.2, 0.25) is 0 Å². The van der Waals surface area contributed by atoms with Crippen LogP contribution in [0.4, 0.5) is 0 Å². The Morgan fingerprint density at radius 1 is 1.14 bits per heavy atom. The molecule has 0 spiro atoms. The Hall–Kier alpha value is -0.860. The van der Waals surface area contributed by atoms with E-state index in [0.29, 0.717) is 0 Å². The second-order valence-corrected chi connectivity index (χ2v) is 7.48. The molecule has 2 nitrogen and oxygen atoms in total. The summed E-state index contributed by atoms with van der Waals surface area (Å²) in [4.78, 5) is 0. The van der Waals surface area contributed by atoms with Crippen LogP contribution in [0.15, 0.2) is 30.3 Å². The predicted molar refractivity (Wildman–Crippen MR) is 89.6 cm³/mol. The van der Waals surface area contributed by atoms with Crippen molar-refractivity contribution in [2.24, 2.45) is 11.8 Å². The first-order valence-electron chi connectivity index (χ1n) is 8.39. The summed E-state index contributed by atoms with van der Waals surface area (Å²) in [5, 5.41) is 3.70. The third kappa shape index (κ3) is 6.62. The van der Waals surface area contributed by atoms with Crippen molar-refractivity contribution in [2.45, 2.75) is 52.0 Å². The van der Waals surface area contributed by atoms with Gasteiger partial charge in [0, 0.05) is 18.8 Å². The highest BCUT2D eigenvalue weighted by Crippen LogP contribution is 2.25. The number of hydrogen-bond donors (Lipinski definition) is 1. The summed E-state index contributed by atoms with van der Waals surface area (Å²) in [5.41, 5.74) is 1.66. The average Bonchev–Trinajstić information content (AvgIpc) is 2.46. The van der Waals surface area contributed by atoms with Crippen LogP contribution in [0.5, 0.6) is 0 Å². The van der Waals surface area contributed by atoms with Gasteiger partial charge in [-0.1, -0.05) is 30.3 Å². The molecule has 1 heterocycles. The third-order valence-electron chi connectivity index (χ3n) is 4.30. The zero-order valence-electron chi connectivity index (χ0n) is 13.9. The van der Waals surface area contributed by atoms with E-state index in [2.05, 4.69) is 56.4 Å². The Morgan fingerprint density at radius 3 is 2.43 bits per heavy atom. The molecule has 1 unspecified atom stereocenters. The minimum Gasteiger partial charge on any atom is -0.381 e. The second-order valence-electron chi connectivity index (χ2n) is 7.48. The fourth-order valence-electron chi connectivity index (χ4n) is 3.09. The zero-order chi connectivity index (χ0) is 15.1. The van der Waals surface area contributed by atoms with Crippen molar-refractivity contribution in [1.29, 1.82) is 0 Å². The number of rotatable bonds is 6. The standard InChI is InChI=1S/C19H31NO/c1-19(2,3)20-15-18(13-16-7-5-4-6-8-16)14-17-9-11-21-12-10-17/h4-8,17-18,20H,9-15H2,1-3H3. The lowest BCUT2D eigenvalue weighted by atomic mass is 9.85. The fraction of sp³-hybridized carbons (Fsp3) is 0.684. The monoisotopic (exact) mass is 289 g/mol. The van der Waals surface area contributed by atoms with Crippen LogP contribution in [0, 0.1) is 11.8 Å². The summed E-state index contributed by atoms with van der Waals surface area (Å²) >= 11 is 0. The molecule has 1 fully saturated rings. The van der Waals surface area contributed by atoms with Crippen molar-refractivity contribution in [2.75, 3.05) is 19.8 Å². The molecule has 21 heavy (non-hydrogen) atoms. The molecule has 118 valence electrons. The lowest BCUT2D eigenvalue weighted by Gasteiger charge is -2.30. The lowest BCUT2D eigenvalue weighted by Crippen LogP contribution is -2.40. The van der Waals surface area contributed by atoms with E-state index in [-0.39, 0.29) is 5.54 Å². The quantitative estimate of drug-likeness (QED) is 0.853. The van der Waals surface area contributed by atoms with E-state index < -0.39 is 0 Å². The highest BCUT2D eigenvalue weighted by molar-refractivity contribution is 5.15. The van der Waals surface area contributed by atoms with Gasteiger partial charge in [0.15, 0.2) is 0 Å². The van der Waals surface area contributed by atoms with E-state index in [0.717, 1.165) is 31.6 Å². The van der Waals surface area contributed by atoms with E-state index in [1.165, 1.54) is 31.2 Å². The third-order valence-corrected chi connectivity index (χ3v) is 4.30. The van der Waals surface area contributed by atoms with Crippen molar-refractivity contribution < 1.29 is 4.74 Å². The number of hydrogen-bond acceptors (Lipinski definition) is 2. The van der Waals surface area contributed by atoms with Crippen molar-refractivity contribution in [3.8, 4) is 0 Å². The van der Waals surface area contributed by atoms with Crippen LogP contribution < -0.4 is 5.32 Å². The van der Waals surface area contributed by atoms with Crippen molar-refractivity contribution in [1.82, 2.24) is 5.32 Å². The second kappa shape index (κ2) is 7.95. The smallest absolute Gasteiger partial charge is 0.0468 e. The Balaban J connectivity index is 1.92. The largest absolute Gasteiger partial charge is 0.381 e. The number of benzene rings is 1. The van der Waals surface area contributed by atoms with Crippen LogP contribution in [0.1, 0.15) is 45.6 Å². The topological polar surface area (TPSA) is 21.3 Å². The molecular formula is C19H31NO. The van der Waals surface area contributed by atoms with Gasteiger partial charge in [-0.3, -0.25) is 0 Å². The zero-order valence-corrected chi connectivity index (χ0v) is 13.9. The Bertz CT molecular complexity index is 390. The molecule has 1 aromatic rings. The molecule has 0 saturated carbocycles. The van der Waals surface area contributed by atoms with Gasteiger partial charge in [-0.15, -0.1) is 0 Å². The molecule has 1 aliphatic heterocycles. The van der Waals surface area contributed by atoms with E-state index >= 15 is 0 Å². The Labute approximate surface area is 130 Å². The molecule has 1 saturated heterocycles. The molecule has 1 atom stereocenters. The van der Waals surface area contributed by atoms with Crippen molar-refractivity contribution in [3.05, 3.63) is 35.9 Å². The Kier molecular flexibility index (Phi) is 6.25. The molecule has 1 N–H and O–H groups in total. The van der Waals surface area contributed by atoms with Crippen LogP contribution >= 0.6 is 0 Å². The van der Waals surface area contributed by atoms with Crippen LogP contribution in [-0.2, 0) is 11.2 Å². The first kappa shape index (κ1) is 16.5. The van der Waals surface area contributed by atoms with Crippen molar-refractivity contribution >= 4 is 0 Å². The summed E-state index contributed by atoms with van der Waals surface area (Å²) < 4.78 is 5.50. The molecule has 2 rings (SSSR count). The first-order valence-corrected chi connectivity index (χ1v) is 8.39. The molecule has 1 aromatic carbocycles. The van der Waals surface area contributed by atoms with Gasteiger partial charge in [0.05, 0.1) is 0 Å². The Morgan fingerprint density at radius 2 is 1.81 bits per heavy atom. The molecule has 1 aliphatic rings. The summed E-state index contributed by atoms with van der Waals surface area (Å²) in [6.45, 7) is 9.77. The first-order chi connectivity index (χ1) is 10.0. The van der Waals surface area contributed by atoms with E-state index in [4.69, 9.17) is 4.74 Å². The molecule has 0 amide bonds. The van der Waals surface area contributed by atoms with Gasteiger partial charge in [0.1, 0.15) is 0 Å². The summed E-state index contributed by atoms with van der Waals surface area (Å²) in [5.74, 6) is 1.56. The lowest BCUT2D eigenvalue weighted by molar-refractivity contribution is 0.0581. The summed E-state index contributed by atoms with van der Waals surface area (Å²) in [6.07, 6.45) is 4.98. The minimum absolute atomic E-state index is 0.199. The highest BCUT2D eigenvalue weighted by Gasteiger charge is 2.21. The van der Waals surface area contributed by atoms with Gasteiger partial charge in [-0.05, 0) is 70.4 Å². The van der Waals surface area contributed by atoms with Gasteiger partial charge >= 0.3 is 0 Å².